The van der Waals surface area contributed by atoms with Crippen LogP contribution in [0.4, 0.5) is 5.82 Å². The standard InChI is InChI=1S/C15H16N2O/c1-3-5-12(4-2)17-15-14-10-13(18)7-6-11(14)8-9-16-15/h1,6-10,12,18H,4-5H2,2H3,(H,16,17). The maximum Gasteiger partial charge on any atom is 0.134 e. The number of rotatable bonds is 4. The van der Waals surface area contributed by atoms with Gasteiger partial charge in [-0.05, 0) is 30.0 Å². The third kappa shape index (κ3) is 2.54. The molecule has 2 rings (SSSR count). The molecule has 0 bridgehead atoms. The van der Waals surface area contributed by atoms with Crippen LogP contribution in [0, 0.1) is 12.3 Å². The van der Waals surface area contributed by atoms with E-state index in [1.54, 1.807) is 18.3 Å². The Kier molecular flexibility index (Phi) is 3.69. The first-order chi connectivity index (χ1) is 8.74. The molecule has 1 heterocycles. The first kappa shape index (κ1) is 12.3. The lowest BCUT2D eigenvalue weighted by atomic mass is 10.1. The molecule has 1 aromatic heterocycles. The second-order valence-electron chi connectivity index (χ2n) is 4.22. The van der Waals surface area contributed by atoms with Crippen LogP contribution in [0.25, 0.3) is 10.8 Å². The van der Waals surface area contributed by atoms with E-state index in [0.29, 0.717) is 6.42 Å². The first-order valence-electron chi connectivity index (χ1n) is 6.02. The summed E-state index contributed by atoms with van der Waals surface area (Å²) in [5, 5.41) is 14.8. The molecule has 0 saturated carbocycles. The normalized spacial score (nSPS) is 12.0. The summed E-state index contributed by atoms with van der Waals surface area (Å²) < 4.78 is 0. The van der Waals surface area contributed by atoms with Gasteiger partial charge in [0.15, 0.2) is 0 Å². The number of hydrogen-bond donors (Lipinski definition) is 2. The van der Waals surface area contributed by atoms with E-state index in [9.17, 15) is 5.11 Å². The number of aromatic nitrogens is 1. The molecule has 3 nitrogen and oxygen atoms in total. The van der Waals surface area contributed by atoms with Crippen molar-refractivity contribution >= 4 is 16.6 Å². The Hall–Kier alpha value is -2.21. The zero-order valence-corrected chi connectivity index (χ0v) is 10.4. The number of phenols is 1. The van der Waals surface area contributed by atoms with Crippen LogP contribution in [0.1, 0.15) is 19.8 Å². The summed E-state index contributed by atoms with van der Waals surface area (Å²) in [6.07, 6.45) is 8.69. The molecule has 3 heteroatoms. The fourth-order valence-corrected chi connectivity index (χ4v) is 1.90. The highest BCUT2D eigenvalue weighted by Gasteiger charge is 2.08. The van der Waals surface area contributed by atoms with E-state index in [-0.39, 0.29) is 11.8 Å². The first-order valence-corrected chi connectivity index (χ1v) is 6.02. The smallest absolute Gasteiger partial charge is 0.134 e. The number of hydrogen-bond acceptors (Lipinski definition) is 3. The molecule has 0 radical (unpaired) electrons. The summed E-state index contributed by atoms with van der Waals surface area (Å²) in [4.78, 5) is 4.33. The van der Waals surface area contributed by atoms with Crippen LogP contribution in [-0.2, 0) is 0 Å². The average molecular weight is 240 g/mol. The Morgan fingerprint density at radius 1 is 1.44 bits per heavy atom. The fourth-order valence-electron chi connectivity index (χ4n) is 1.90. The number of fused-ring (bicyclic) bond motifs is 1. The summed E-state index contributed by atoms with van der Waals surface area (Å²) >= 11 is 0. The Morgan fingerprint density at radius 2 is 2.28 bits per heavy atom. The van der Waals surface area contributed by atoms with E-state index in [4.69, 9.17) is 6.42 Å². The molecule has 0 aliphatic carbocycles. The second-order valence-corrected chi connectivity index (χ2v) is 4.22. The highest BCUT2D eigenvalue weighted by molar-refractivity contribution is 5.92. The van der Waals surface area contributed by atoms with Gasteiger partial charge in [-0.3, -0.25) is 0 Å². The SMILES string of the molecule is C#CCC(CC)Nc1nccc2ccc(O)cc12. The van der Waals surface area contributed by atoms with Gasteiger partial charge in [-0.2, -0.15) is 0 Å². The second kappa shape index (κ2) is 5.42. The quantitative estimate of drug-likeness (QED) is 0.807. The number of benzene rings is 1. The molecule has 0 aliphatic rings. The lowest BCUT2D eigenvalue weighted by Crippen LogP contribution is -2.18. The van der Waals surface area contributed by atoms with Crippen molar-refractivity contribution in [2.75, 3.05) is 5.32 Å². The molecule has 18 heavy (non-hydrogen) atoms. The van der Waals surface area contributed by atoms with Gasteiger partial charge < -0.3 is 10.4 Å². The van der Waals surface area contributed by atoms with Gasteiger partial charge in [-0.1, -0.05) is 13.0 Å². The van der Waals surface area contributed by atoms with Gasteiger partial charge in [0, 0.05) is 24.0 Å². The number of nitrogens with zero attached hydrogens (tertiary/aromatic N) is 1. The van der Waals surface area contributed by atoms with E-state index in [0.717, 1.165) is 23.0 Å². The molecule has 2 N–H and O–H groups in total. The van der Waals surface area contributed by atoms with Crippen molar-refractivity contribution < 1.29 is 5.11 Å². The van der Waals surface area contributed by atoms with Crippen LogP contribution in [0.3, 0.4) is 0 Å². The van der Waals surface area contributed by atoms with Crippen LogP contribution in [0.2, 0.25) is 0 Å². The summed E-state index contributed by atoms with van der Waals surface area (Å²) in [5.41, 5.74) is 0. The molecule has 1 unspecified atom stereocenters. The number of pyridine rings is 1. The van der Waals surface area contributed by atoms with Crippen LogP contribution in [-0.4, -0.2) is 16.1 Å². The molecular weight excluding hydrogens is 224 g/mol. The van der Waals surface area contributed by atoms with Gasteiger partial charge in [-0.25, -0.2) is 4.98 Å². The molecule has 0 aliphatic heterocycles. The predicted octanol–water partition coefficient (Wildman–Crippen LogP) is 3.15. The minimum atomic E-state index is 0.204. The van der Waals surface area contributed by atoms with Gasteiger partial charge in [0.25, 0.3) is 0 Å². The molecule has 0 amide bonds. The monoisotopic (exact) mass is 240 g/mol. The third-order valence-electron chi connectivity index (χ3n) is 2.95. The van der Waals surface area contributed by atoms with Crippen molar-refractivity contribution in [2.45, 2.75) is 25.8 Å². The van der Waals surface area contributed by atoms with Crippen molar-refractivity contribution in [1.29, 1.82) is 0 Å². The summed E-state index contributed by atoms with van der Waals surface area (Å²) in [7, 11) is 0. The highest BCUT2D eigenvalue weighted by Crippen LogP contribution is 2.25. The molecule has 0 fully saturated rings. The van der Waals surface area contributed by atoms with Crippen LogP contribution >= 0.6 is 0 Å². The minimum Gasteiger partial charge on any atom is -0.508 e. The van der Waals surface area contributed by atoms with Gasteiger partial charge in [0.2, 0.25) is 0 Å². The van der Waals surface area contributed by atoms with Crippen LogP contribution < -0.4 is 5.32 Å². The van der Waals surface area contributed by atoms with Crippen molar-refractivity contribution in [2.24, 2.45) is 0 Å². The molecule has 0 spiro atoms. The zero-order valence-electron chi connectivity index (χ0n) is 10.4. The van der Waals surface area contributed by atoms with Gasteiger partial charge >= 0.3 is 0 Å². The highest BCUT2D eigenvalue weighted by atomic mass is 16.3. The zero-order chi connectivity index (χ0) is 13.0. The van der Waals surface area contributed by atoms with Gasteiger partial charge in [-0.15, -0.1) is 12.3 Å². The molecule has 0 saturated heterocycles. The molecule has 2 aromatic rings. The van der Waals surface area contributed by atoms with Crippen molar-refractivity contribution in [1.82, 2.24) is 4.98 Å². The molecule has 1 atom stereocenters. The van der Waals surface area contributed by atoms with E-state index in [1.807, 2.05) is 12.1 Å². The van der Waals surface area contributed by atoms with Crippen LogP contribution in [0.15, 0.2) is 30.5 Å². The van der Waals surface area contributed by atoms with E-state index in [1.165, 1.54) is 0 Å². The summed E-state index contributed by atoms with van der Waals surface area (Å²) in [6.45, 7) is 2.08. The fraction of sp³-hybridized carbons (Fsp3) is 0.267. The predicted molar refractivity (Wildman–Crippen MR) is 74.6 cm³/mol. The lowest BCUT2D eigenvalue weighted by molar-refractivity contribution is 0.476. The van der Waals surface area contributed by atoms with E-state index in [2.05, 4.69) is 23.1 Å². The van der Waals surface area contributed by atoms with Crippen molar-refractivity contribution in [3.8, 4) is 18.1 Å². The minimum absolute atomic E-state index is 0.204. The number of terminal acetylenes is 1. The third-order valence-corrected chi connectivity index (χ3v) is 2.95. The molecule has 1 aromatic carbocycles. The van der Waals surface area contributed by atoms with E-state index < -0.39 is 0 Å². The van der Waals surface area contributed by atoms with Gasteiger partial charge in [0.05, 0.1) is 0 Å². The number of anilines is 1. The Morgan fingerprint density at radius 3 is 3.00 bits per heavy atom. The van der Waals surface area contributed by atoms with E-state index >= 15 is 0 Å². The molecular formula is C15H16N2O. The largest absolute Gasteiger partial charge is 0.508 e. The Bertz CT molecular complexity index is 587. The summed E-state index contributed by atoms with van der Waals surface area (Å²) in [6, 6.07) is 7.38. The van der Waals surface area contributed by atoms with Gasteiger partial charge in [0.1, 0.15) is 11.6 Å². The maximum atomic E-state index is 9.56. The van der Waals surface area contributed by atoms with Crippen LogP contribution in [0.5, 0.6) is 5.75 Å². The Labute approximate surface area is 107 Å². The lowest BCUT2D eigenvalue weighted by Gasteiger charge is -2.16. The Balaban J connectivity index is 2.38. The maximum absolute atomic E-state index is 9.56. The number of nitrogens with one attached hydrogen (secondary N) is 1. The topological polar surface area (TPSA) is 45.2 Å². The van der Waals surface area contributed by atoms with Crippen molar-refractivity contribution in [3.63, 3.8) is 0 Å². The number of phenolic OH excluding ortho intramolecular Hbond substituents is 1. The summed E-state index contributed by atoms with van der Waals surface area (Å²) in [5.74, 6) is 3.67. The average Bonchev–Trinajstić information content (AvgIpc) is 2.38. The molecule has 92 valence electrons. The number of aromatic hydroxyl groups is 1. The van der Waals surface area contributed by atoms with Crippen molar-refractivity contribution in [3.05, 3.63) is 30.5 Å².